The minimum Gasteiger partial charge on any atom is -0.208 e. The molecule has 0 atom stereocenters. The van der Waals surface area contributed by atoms with E-state index < -0.39 is 0 Å². The first-order valence-corrected chi connectivity index (χ1v) is 24.4. The third kappa shape index (κ3) is 9.31. The van der Waals surface area contributed by atoms with E-state index >= 15 is 0 Å². The van der Waals surface area contributed by atoms with Crippen molar-refractivity contribution in [3.63, 3.8) is 0 Å². The summed E-state index contributed by atoms with van der Waals surface area (Å²) in [5, 5.41) is 0. The van der Waals surface area contributed by atoms with Gasteiger partial charge in [-0.3, -0.25) is 0 Å². The van der Waals surface area contributed by atoms with Gasteiger partial charge >= 0.3 is 0 Å². The lowest BCUT2D eigenvalue weighted by Crippen LogP contribution is -2.01. The summed E-state index contributed by atoms with van der Waals surface area (Å²) >= 11 is 0. The van der Waals surface area contributed by atoms with Crippen LogP contribution in [0.15, 0.2) is 285 Å². The first-order chi connectivity index (χ1) is 35.6. The average molecular weight is 918 g/mol. The second kappa shape index (κ2) is 19.8. The predicted molar refractivity (Wildman–Crippen MR) is 300 cm³/mol. The Hall–Kier alpha value is -9.57. The number of hydrogen-bond donors (Lipinski definition) is 0. The molecule has 72 heavy (non-hydrogen) atoms. The van der Waals surface area contributed by atoms with Gasteiger partial charge in [-0.25, -0.2) is 15.0 Å². The van der Waals surface area contributed by atoms with Gasteiger partial charge in [-0.15, -0.1) is 0 Å². The molecule has 0 radical (unpaired) electrons. The van der Waals surface area contributed by atoms with Gasteiger partial charge < -0.3 is 0 Å². The van der Waals surface area contributed by atoms with Crippen LogP contribution in [0.2, 0.25) is 0 Å². The number of benzene rings is 11. The van der Waals surface area contributed by atoms with Crippen LogP contribution in [-0.2, 0) is 0 Å². The fourth-order valence-electron chi connectivity index (χ4n) is 9.63. The zero-order valence-corrected chi connectivity index (χ0v) is 39.5. The van der Waals surface area contributed by atoms with Crippen molar-refractivity contribution in [1.29, 1.82) is 0 Å². The zero-order valence-electron chi connectivity index (χ0n) is 39.5. The van der Waals surface area contributed by atoms with Crippen LogP contribution in [-0.4, -0.2) is 15.0 Å². The van der Waals surface area contributed by atoms with Crippen LogP contribution >= 0.6 is 0 Å². The van der Waals surface area contributed by atoms with Crippen LogP contribution in [0.3, 0.4) is 0 Å². The standard InChI is InChI=1S/C69H47N3/c1-7-21-48(22-8-1)54-33-20-36-57(40-54)67-70-68(72-69(71-67)64-45-61(51-27-13-4-14-28-51)42-62(46-64)52-29-15-5-16-30-52)58-37-38-65(66(47-58)53-31-17-6-18-32-53)56-35-19-34-55(39-56)63-43-59(49-23-9-2-10-24-49)41-60(44-63)50-25-11-3-12-26-50/h1-47H. The van der Waals surface area contributed by atoms with Gasteiger partial charge in [0.05, 0.1) is 0 Å². The summed E-state index contributed by atoms with van der Waals surface area (Å²) < 4.78 is 0. The first kappa shape index (κ1) is 43.7. The van der Waals surface area contributed by atoms with Crippen LogP contribution in [0.4, 0.5) is 0 Å². The summed E-state index contributed by atoms with van der Waals surface area (Å²) in [6, 6.07) is 101. The lowest BCUT2D eigenvalue weighted by atomic mass is 9.89. The fraction of sp³-hybridized carbons (Fsp3) is 0. The molecule has 1 aromatic heterocycles. The van der Waals surface area contributed by atoms with Crippen molar-refractivity contribution in [2.45, 2.75) is 0 Å². The van der Waals surface area contributed by atoms with Crippen LogP contribution in [0.25, 0.3) is 123 Å². The van der Waals surface area contributed by atoms with Gasteiger partial charge in [0.25, 0.3) is 0 Å². The minimum atomic E-state index is 0.593. The molecule has 0 aliphatic carbocycles. The van der Waals surface area contributed by atoms with E-state index in [1.165, 1.54) is 22.3 Å². The van der Waals surface area contributed by atoms with Gasteiger partial charge in [0.15, 0.2) is 17.5 Å². The first-order valence-electron chi connectivity index (χ1n) is 24.4. The van der Waals surface area contributed by atoms with Gasteiger partial charge in [0, 0.05) is 16.7 Å². The van der Waals surface area contributed by atoms with E-state index in [-0.39, 0.29) is 0 Å². The molecule has 3 heteroatoms. The molecule has 0 aliphatic heterocycles. The third-order valence-corrected chi connectivity index (χ3v) is 13.3. The summed E-state index contributed by atoms with van der Waals surface area (Å²) in [5.74, 6) is 1.79. The van der Waals surface area contributed by atoms with Gasteiger partial charge in [-0.1, -0.05) is 231 Å². The molecular weight excluding hydrogens is 871 g/mol. The van der Waals surface area contributed by atoms with E-state index in [9.17, 15) is 0 Å². The van der Waals surface area contributed by atoms with Crippen molar-refractivity contribution >= 4 is 0 Å². The SMILES string of the molecule is c1ccc(-c2cc(-c3ccccc3)cc(-c3cccc(-c4ccc(-c5nc(-c6cccc(-c7ccccc7)c6)nc(-c6cc(-c7ccccc7)cc(-c7ccccc7)c6)n5)cc4-c4ccccc4)c3)c2)cc1. The largest absolute Gasteiger partial charge is 0.208 e. The molecule has 0 unspecified atom stereocenters. The average Bonchev–Trinajstić information content (AvgIpc) is 3.48. The Morgan fingerprint density at radius 3 is 0.833 bits per heavy atom. The Bertz CT molecular complexity index is 3700. The monoisotopic (exact) mass is 917 g/mol. The minimum absolute atomic E-state index is 0.593. The Labute approximate surface area is 421 Å². The summed E-state index contributed by atoms with van der Waals surface area (Å²) in [7, 11) is 0. The van der Waals surface area contributed by atoms with Gasteiger partial charge in [-0.05, 0) is 144 Å². The molecule has 0 N–H and O–H groups in total. The maximum absolute atomic E-state index is 5.38. The van der Waals surface area contributed by atoms with Crippen molar-refractivity contribution in [3.05, 3.63) is 285 Å². The van der Waals surface area contributed by atoms with Gasteiger partial charge in [0.2, 0.25) is 0 Å². The molecule has 338 valence electrons. The smallest absolute Gasteiger partial charge is 0.164 e. The highest BCUT2D eigenvalue weighted by atomic mass is 15.0. The molecule has 0 amide bonds. The highest BCUT2D eigenvalue weighted by Gasteiger charge is 2.18. The number of aromatic nitrogens is 3. The number of hydrogen-bond acceptors (Lipinski definition) is 3. The maximum atomic E-state index is 5.38. The number of rotatable bonds is 11. The Morgan fingerprint density at radius 1 is 0.139 bits per heavy atom. The molecular formula is C69H47N3. The van der Waals surface area contributed by atoms with Crippen LogP contribution in [0, 0.1) is 0 Å². The summed E-state index contributed by atoms with van der Waals surface area (Å²) in [6.07, 6.45) is 0. The van der Waals surface area contributed by atoms with Crippen LogP contribution in [0.1, 0.15) is 0 Å². The number of nitrogens with zero attached hydrogens (tertiary/aromatic N) is 3. The quantitative estimate of drug-likeness (QED) is 0.130. The molecule has 0 fully saturated rings. The topological polar surface area (TPSA) is 38.7 Å². The molecule has 0 saturated carbocycles. The van der Waals surface area contributed by atoms with E-state index in [2.05, 4.69) is 279 Å². The Kier molecular flexibility index (Phi) is 12.0. The molecule has 1 heterocycles. The summed E-state index contributed by atoms with van der Waals surface area (Å²) in [6.45, 7) is 0. The van der Waals surface area contributed by atoms with Crippen molar-refractivity contribution in [3.8, 4) is 123 Å². The molecule has 0 aliphatic rings. The van der Waals surface area contributed by atoms with Crippen molar-refractivity contribution in [2.75, 3.05) is 0 Å². The van der Waals surface area contributed by atoms with Crippen molar-refractivity contribution < 1.29 is 0 Å². The fourth-order valence-corrected chi connectivity index (χ4v) is 9.63. The molecule has 12 aromatic rings. The van der Waals surface area contributed by atoms with E-state index in [4.69, 9.17) is 15.0 Å². The molecule has 12 rings (SSSR count). The van der Waals surface area contributed by atoms with E-state index in [0.29, 0.717) is 17.5 Å². The van der Waals surface area contributed by atoms with Gasteiger partial charge in [-0.2, -0.15) is 0 Å². The van der Waals surface area contributed by atoms with Gasteiger partial charge in [0.1, 0.15) is 0 Å². The summed E-state index contributed by atoms with van der Waals surface area (Å²) in [4.78, 5) is 16.0. The van der Waals surface area contributed by atoms with Crippen LogP contribution < -0.4 is 0 Å². The van der Waals surface area contributed by atoms with E-state index in [0.717, 1.165) is 83.5 Å². The highest BCUT2D eigenvalue weighted by Crippen LogP contribution is 2.40. The molecule has 0 saturated heterocycles. The predicted octanol–water partition coefficient (Wildman–Crippen LogP) is 18.2. The highest BCUT2D eigenvalue weighted by molar-refractivity contribution is 5.90. The molecule has 0 spiro atoms. The molecule has 11 aromatic carbocycles. The second-order valence-electron chi connectivity index (χ2n) is 18.0. The molecule has 3 nitrogen and oxygen atoms in total. The normalized spacial score (nSPS) is 11.1. The van der Waals surface area contributed by atoms with E-state index in [1.54, 1.807) is 0 Å². The Morgan fingerprint density at radius 2 is 0.403 bits per heavy atom. The zero-order chi connectivity index (χ0) is 48.1. The Balaban J connectivity index is 1.02. The lowest BCUT2D eigenvalue weighted by molar-refractivity contribution is 1.07. The second-order valence-corrected chi connectivity index (χ2v) is 18.0. The summed E-state index contributed by atoms with van der Waals surface area (Å²) in [5.41, 5.74) is 20.8. The lowest BCUT2D eigenvalue weighted by Gasteiger charge is -2.16. The van der Waals surface area contributed by atoms with Crippen LogP contribution in [0.5, 0.6) is 0 Å². The van der Waals surface area contributed by atoms with Crippen molar-refractivity contribution in [2.24, 2.45) is 0 Å². The maximum Gasteiger partial charge on any atom is 0.164 e. The van der Waals surface area contributed by atoms with E-state index in [1.807, 2.05) is 6.07 Å². The van der Waals surface area contributed by atoms with Crippen molar-refractivity contribution in [1.82, 2.24) is 15.0 Å². The molecule has 0 bridgehead atoms. The third-order valence-electron chi connectivity index (χ3n) is 13.3.